The molecule has 68 valence electrons. The van der Waals surface area contributed by atoms with Gasteiger partial charge in [-0.05, 0) is 0 Å². The molecule has 0 saturated heterocycles. The summed E-state index contributed by atoms with van der Waals surface area (Å²) in [5.74, 6) is 0. The monoisotopic (exact) mass is 286 g/mol. The maximum atomic E-state index is 8.88. The van der Waals surface area contributed by atoms with Crippen LogP contribution in [0.4, 0.5) is 0 Å². The first-order valence-electron chi connectivity index (χ1n) is 1.48. The molecule has 0 saturated carbocycles. The van der Waals surface area contributed by atoms with Crippen LogP contribution in [0.5, 0.6) is 0 Å². The average molecular weight is 287 g/mol. The van der Waals surface area contributed by atoms with Crippen molar-refractivity contribution >= 4 is 18.2 Å². The number of hydrogen-bond acceptors (Lipinski definition) is 3. The summed E-state index contributed by atoms with van der Waals surface area (Å²) < 4.78 is 40.5. The van der Waals surface area contributed by atoms with Crippen LogP contribution in [0.2, 0.25) is 0 Å². The Morgan fingerprint density at radius 1 is 1.00 bits per heavy atom. The summed E-state index contributed by atoms with van der Waals surface area (Å²) in [6, 6.07) is 0. The van der Waals surface area contributed by atoms with E-state index in [2.05, 4.69) is 0 Å². The van der Waals surface area contributed by atoms with Gasteiger partial charge >= 0.3 is 18.2 Å². The molecule has 0 radical (unpaired) electrons. The predicted octanol–water partition coefficient (Wildman–Crippen LogP) is -1.58. The zero-order chi connectivity index (χ0) is 9.00. The second-order valence-electron chi connectivity index (χ2n) is 0.961. The van der Waals surface area contributed by atoms with E-state index in [0.29, 0.717) is 0 Å². The molecule has 0 amide bonds. The Hall–Kier alpha value is 0.863. The van der Waals surface area contributed by atoms with Crippen molar-refractivity contribution in [3.63, 3.8) is 0 Å². The van der Waals surface area contributed by atoms with Crippen LogP contribution in [0, 0.1) is 0 Å². The Bertz CT molecular complexity index is 192. The first kappa shape index (κ1) is 17.8. The Morgan fingerprint density at radius 2 is 1.00 bits per heavy atom. The normalized spacial score (nSPS) is 10.6. The first-order chi connectivity index (χ1) is 4.00. The van der Waals surface area contributed by atoms with E-state index in [1.54, 1.807) is 0 Å². The predicted molar refractivity (Wildman–Crippen MR) is 28.4 cm³/mol. The third-order valence-corrected chi connectivity index (χ3v) is 0. The van der Waals surface area contributed by atoms with Gasteiger partial charge in [-0.1, -0.05) is 0 Å². The van der Waals surface area contributed by atoms with E-state index in [-0.39, 0.29) is 26.2 Å². The average Bonchev–Trinajstić information content (AvgIpc) is 1.12. The van der Waals surface area contributed by atoms with Gasteiger partial charge in [0.05, 0.1) is 0 Å². The van der Waals surface area contributed by atoms with E-state index in [1.165, 1.54) is 0 Å². The molecule has 0 aliphatic rings. The van der Waals surface area contributed by atoms with Crippen LogP contribution in [0.1, 0.15) is 0 Å². The van der Waals surface area contributed by atoms with Gasteiger partial charge in [-0.15, -0.1) is 0 Å². The Balaban J connectivity index is -0.000000107. The van der Waals surface area contributed by atoms with E-state index < -0.39 is 18.2 Å². The number of hydrogen-bond donors (Lipinski definition) is 5. The van der Waals surface area contributed by atoms with Crippen LogP contribution < -0.4 is 0 Å². The molecule has 11 heavy (non-hydrogen) atoms. The van der Waals surface area contributed by atoms with Gasteiger partial charge in [-0.25, -0.2) is 4.57 Å². The molecule has 0 bridgehead atoms. The summed E-state index contributed by atoms with van der Waals surface area (Å²) in [7, 11) is -9.31. The van der Waals surface area contributed by atoms with Gasteiger partial charge in [0, 0.05) is 26.2 Å². The maximum absolute atomic E-state index is 8.88. The van der Waals surface area contributed by atoms with Gasteiger partial charge in [0.2, 0.25) is 0 Å². The molecule has 0 aromatic heterocycles. The fourth-order valence-corrected chi connectivity index (χ4v) is 0. The van der Waals surface area contributed by atoms with Crippen LogP contribution in [0.25, 0.3) is 0 Å². The molecule has 0 aromatic carbocycles. The summed E-state index contributed by atoms with van der Waals surface area (Å²) in [6.07, 6.45) is 0. The molecular weight excluding hydrogens is 282 g/mol. The maximum Gasteiger partial charge on any atom is 0.466 e. The SMILES string of the molecule is O=P(O)(O)O.O=S(=O)(O)O.[Zr]. The van der Waals surface area contributed by atoms with Crippen LogP contribution in [0.15, 0.2) is 0 Å². The van der Waals surface area contributed by atoms with Crippen molar-refractivity contribution < 1.29 is 63.0 Å². The largest absolute Gasteiger partial charge is 0.466 e. The molecule has 0 atom stereocenters. The fourth-order valence-electron chi connectivity index (χ4n) is 0. The molecule has 0 heterocycles. The van der Waals surface area contributed by atoms with Crippen molar-refractivity contribution in [3.8, 4) is 0 Å². The molecule has 0 aliphatic carbocycles. The van der Waals surface area contributed by atoms with Crippen molar-refractivity contribution in [2.45, 2.75) is 0 Å². The second-order valence-corrected chi connectivity index (χ2v) is 2.88. The minimum Gasteiger partial charge on any atom is -0.303 e. The minimum absolute atomic E-state index is 0. The standard InChI is InChI=1S/H3O4P.H2O4S.Zr/c2*1-5(2,3)4;/h(H3,1,2,3,4);(H2,1,2,3,4);. The molecule has 0 spiro atoms. The molecule has 0 fully saturated rings. The minimum atomic E-state index is -4.67. The summed E-state index contributed by atoms with van der Waals surface area (Å²) in [5, 5.41) is 0. The molecule has 0 aromatic rings. The third kappa shape index (κ3) is 1150. The molecule has 0 aliphatic heterocycles. The van der Waals surface area contributed by atoms with Gasteiger partial charge in [-0.3, -0.25) is 9.11 Å². The van der Waals surface area contributed by atoms with Gasteiger partial charge in [0.1, 0.15) is 0 Å². The summed E-state index contributed by atoms with van der Waals surface area (Å²) in [6.45, 7) is 0. The van der Waals surface area contributed by atoms with Crippen LogP contribution in [0.3, 0.4) is 0 Å². The summed E-state index contributed by atoms with van der Waals surface area (Å²) >= 11 is 0. The van der Waals surface area contributed by atoms with E-state index in [9.17, 15) is 0 Å². The summed E-state index contributed by atoms with van der Waals surface area (Å²) in [4.78, 5) is 21.6. The Kier molecular flexibility index (Phi) is 10.3. The summed E-state index contributed by atoms with van der Waals surface area (Å²) in [5.41, 5.74) is 0. The van der Waals surface area contributed by atoms with Crippen molar-refractivity contribution in [1.29, 1.82) is 0 Å². The quantitative estimate of drug-likeness (QED) is 0.264. The van der Waals surface area contributed by atoms with Gasteiger partial charge in [0.25, 0.3) is 0 Å². The van der Waals surface area contributed by atoms with E-state index in [1.807, 2.05) is 0 Å². The molecule has 0 rings (SSSR count). The Morgan fingerprint density at radius 3 is 1.00 bits per heavy atom. The van der Waals surface area contributed by atoms with Crippen LogP contribution in [-0.4, -0.2) is 32.2 Å². The van der Waals surface area contributed by atoms with Crippen molar-refractivity contribution in [3.05, 3.63) is 0 Å². The Labute approximate surface area is 81.2 Å². The smallest absolute Gasteiger partial charge is 0.303 e. The first-order valence-corrected chi connectivity index (χ1v) is 4.44. The zero-order valence-electron chi connectivity index (χ0n) is 4.82. The van der Waals surface area contributed by atoms with E-state index in [0.717, 1.165) is 0 Å². The van der Waals surface area contributed by atoms with Crippen LogP contribution >= 0.6 is 7.82 Å². The van der Waals surface area contributed by atoms with Gasteiger partial charge < -0.3 is 14.7 Å². The number of rotatable bonds is 0. The third-order valence-electron chi connectivity index (χ3n) is 0. The molecule has 0 unspecified atom stereocenters. The molecule has 11 heteroatoms. The van der Waals surface area contributed by atoms with Crippen LogP contribution in [-0.2, 0) is 41.2 Å². The van der Waals surface area contributed by atoms with Crippen molar-refractivity contribution in [1.82, 2.24) is 0 Å². The van der Waals surface area contributed by atoms with E-state index >= 15 is 0 Å². The molecule has 8 nitrogen and oxygen atoms in total. The van der Waals surface area contributed by atoms with Crippen molar-refractivity contribution in [2.24, 2.45) is 0 Å². The second kappa shape index (κ2) is 6.39. The molecular formula is H5O8PSZr. The van der Waals surface area contributed by atoms with Gasteiger partial charge in [-0.2, -0.15) is 8.42 Å². The topological polar surface area (TPSA) is 152 Å². The molecule has 5 N–H and O–H groups in total. The van der Waals surface area contributed by atoms with E-state index in [4.69, 9.17) is 36.8 Å². The van der Waals surface area contributed by atoms with Gasteiger partial charge in [0.15, 0.2) is 0 Å². The fraction of sp³-hybridized carbons (Fsp3) is 0. The van der Waals surface area contributed by atoms with Crippen molar-refractivity contribution in [2.75, 3.05) is 0 Å². The zero-order valence-corrected chi connectivity index (χ0v) is 8.99. The number of phosphoric acid groups is 1.